The average molecular weight is 319 g/mol. The second-order valence-corrected chi connectivity index (χ2v) is 5.13. The van der Waals surface area contributed by atoms with Gasteiger partial charge in [0.25, 0.3) is 0 Å². The molecule has 0 aliphatic heterocycles. The molecule has 0 aliphatic rings. The molecule has 0 atom stereocenters. The Labute approximate surface area is 134 Å². The molecule has 3 nitrogen and oxygen atoms in total. The van der Waals surface area contributed by atoms with E-state index in [1.54, 1.807) is 12.1 Å². The van der Waals surface area contributed by atoms with Gasteiger partial charge < -0.3 is 10.1 Å². The molecule has 5 heteroatoms. The van der Waals surface area contributed by atoms with Crippen molar-refractivity contribution < 1.29 is 18.3 Å². The van der Waals surface area contributed by atoms with E-state index < -0.39 is 11.6 Å². The summed E-state index contributed by atoms with van der Waals surface area (Å²) in [4.78, 5) is 11.5. The van der Waals surface area contributed by atoms with Crippen molar-refractivity contribution in [1.82, 2.24) is 5.32 Å². The van der Waals surface area contributed by atoms with Gasteiger partial charge in [0.15, 0.2) is 11.6 Å². The van der Waals surface area contributed by atoms with Crippen LogP contribution in [-0.2, 0) is 24.2 Å². The van der Waals surface area contributed by atoms with Crippen LogP contribution < -0.4 is 10.1 Å². The lowest BCUT2D eigenvalue weighted by molar-refractivity contribution is -0.119. The topological polar surface area (TPSA) is 38.3 Å². The summed E-state index contributed by atoms with van der Waals surface area (Å²) in [6, 6.07) is 9.20. The summed E-state index contributed by atoms with van der Waals surface area (Å²) >= 11 is 0. The molecule has 23 heavy (non-hydrogen) atoms. The smallest absolute Gasteiger partial charge is 0.224 e. The molecule has 0 spiro atoms. The standard InChI is InChI=1S/C18H19F2NO2/c1-3-12-7-8-17(16(20)9-12)23-11-14-13(10-18(22)21-2)5-4-6-15(14)19/h4-9H,3,10-11H2,1-2H3,(H,21,22). The molecule has 1 amide bonds. The van der Waals surface area contributed by atoms with Crippen LogP contribution in [0, 0.1) is 11.6 Å². The molecule has 2 aromatic carbocycles. The van der Waals surface area contributed by atoms with E-state index in [4.69, 9.17) is 4.74 Å². The maximum Gasteiger partial charge on any atom is 0.224 e. The summed E-state index contributed by atoms with van der Waals surface area (Å²) in [6.45, 7) is 1.79. The van der Waals surface area contributed by atoms with Crippen molar-refractivity contribution in [3.8, 4) is 5.75 Å². The van der Waals surface area contributed by atoms with Crippen molar-refractivity contribution in [1.29, 1.82) is 0 Å². The summed E-state index contributed by atoms with van der Waals surface area (Å²) in [5.41, 5.74) is 1.64. The second kappa shape index (κ2) is 7.72. The highest BCUT2D eigenvalue weighted by Gasteiger charge is 2.13. The molecule has 0 unspecified atom stereocenters. The van der Waals surface area contributed by atoms with E-state index in [1.807, 2.05) is 6.92 Å². The number of hydrogen-bond acceptors (Lipinski definition) is 2. The molecule has 0 bridgehead atoms. The van der Waals surface area contributed by atoms with Crippen molar-refractivity contribution in [3.63, 3.8) is 0 Å². The maximum atomic E-state index is 14.0. The molecule has 0 radical (unpaired) electrons. The first-order chi connectivity index (χ1) is 11.0. The molecule has 0 fully saturated rings. The molecule has 2 aromatic rings. The highest BCUT2D eigenvalue weighted by atomic mass is 19.1. The van der Waals surface area contributed by atoms with Gasteiger partial charge in [0.2, 0.25) is 5.91 Å². The van der Waals surface area contributed by atoms with Gasteiger partial charge in [0, 0.05) is 12.6 Å². The van der Waals surface area contributed by atoms with Crippen LogP contribution in [0.1, 0.15) is 23.6 Å². The first-order valence-corrected chi connectivity index (χ1v) is 7.43. The lowest BCUT2D eigenvalue weighted by Crippen LogP contribution is -2.21. The van der Waals surface area contributed by atoms with Crippen molar-refractivity contribution in [2.75, 3.05) is 7.05 Å². The van der Waals surface area contributed by atoms with E-state index >= 15 is 0 Å². The zero-order valence-corrected chi connectivity index (χ0v) is 13.2. The summed E-state index contributed by atoms with van der Waals surface area (Å²) in [7, 11) is 1.52. The number of rotatable bonds is 6. The quantitative estimate of drug-likeness (QED) is 0.886. The number of aryl methyl sites for hydroxylation is 1. The minimum Gasteiger partial charge on any atom is -0.486 e. The molecular formula is C18H19F2NO2. The minimum absolute atomic E-state index is 0.0458. The molecule has 122 valence electrons. The fourth-order valence-electron chi connectivity index (χ4n) is 2.22. The van der Waals surface area contributed by atoms with Crippen LogP contribution >= 0.6 is 0 Å². The van der Waals surface area contributed by atoms with Crippen molar-refractivity contribution in [2.45, 2.75) is 26.4 Å². The predicted octanol–water partition coefficient (Wildman–Crippen LogP) is 3.39. The molecular weight excluding hydrogens is 300 g/mol. The molecule has 0 aliphatic carbocycles. The van der Waals surface area contributed by atoms with Crippen molar-refractivity contribution in [2.24, 2.45) is 0 Å². The van der Waals surface area contributed by atoms with Crippen molar-refractivity contribution in [3.05, 3.63) is 64.7 Å². The Balaban J connectivity index is 2.18. The van der Waals surface area contributed by atoms with Gasteiger partial charge in [-0.15, -0.1) is 0 Å². The lowest BCUT2D eigenvalue weighted by Gasteiger charge is -2.12. The summed E-state index contributed by atoms with van der Waals surface area (Å²) in [5.74, 6) is -1.11. The Morgan fingerprint density at radius 1 is 1.17 bits per heavy atom. The van der Waals surface area contributed by atoms with Crippen LogP contribution in [-0.4, -0.2) is 13.0 Å². The number of carbonyl (C=O) groups is 1. The Morgan fingerprint density at radius 2 is 1.96 bits per heavy atom. The van der Waals surface area contributed by atoms with Gasteiger partial charge in [-0.3, -0.25) is 4.79 Å². The fraction of sp³-hybridized carbons (Fsp3) is 0.278. The first kappa shape index (κ1) is 16.9. The van der Waals surface area contributed by atoms with E-state index in [2.05, 4.69) is 5.32 Å². The monoisotopic (exact) mass is 319 g/mol. The normalized spacial score (nSPS) is 10.4. The van der Waals surface area contributed by atoms with Crippen LogP contribution in [0.5, 0.6) is 5.75 Å². The van der Waals surface area contributed by atoms with Crippen molar-refractivity contribution >= 4 is 5.91 Å². The van der Waals surface area contributed by atoms with E-state index in [0.29, 0.717) is 5.56 Å². The predicted molar refractivity (Wildman–Crippen MR) is 84.3 cm³/mol. The van der Waals surface area contributed by atoms with Crippen LogP contribution in [0.2, 0.25) is 0 Å². The van der Waals surface area contributed by atoms with Crippen LogP contribution in [0.3, 0.4) is 0 Å². The Hall–Kier alpha value is -2.43. The van der Waals surface area contributed by atoms with Gasteiger partial charge in [0.05, 0.1) is 6.42 Å². The summed E-state index contributed by atoms with van der Waals surface area (Å²) in [5, 5.41) is 2.49. The van der Waals surface area contributed by atoms with Gasteiger partial charge in [-0.05, 0) is 35.7 Å². The average Bonchev–Trinajstić information content (AvgIpc) is 2.55. The van der Waals surface area contributed by atoms with Gasteiger partial charge >= 0.3 is 0 Å². The Bertz CT molecular complexity index is 701. The summed E-state index contributed by atoms with van der Waals surface area (Å²) < 4.78 is 33.4. The van der Waals surface area contributed by atoms with E-state index in [1.165, 1.54) is 31.3 Å². The van der Waals surface area contributed by atoms with E-state index in [-0.39, 0.29) is 30.2 Å². The van der Waals surface area contributed by atoms with Gasteiger partial charge in [-0.2, -0.15) is 0 Å². The molecule has 0 aromatic heterocycles. The SMILES string of the molecule is CCc1ccc(OCc2c(F)cccc2CC(=O)NC)c(F)c1. The van der Waals surface area contributed by atoms with Gasteiger partial charge in [-0.1, -0.05) is 25.1 Å². The third kappa shape index (κ3) is 4.28. The number of halogens is 2. The number of nitrogens with one attached hydrogen (secondary N) is 1. The van der Waals surface area contributed by atoms with E-state index in [0.717, 1.165) is 12.0 Å². The highest BCUT2D eigenvalue weighted by Crippen LogP contribution is 2.22. The van der Waals surface area contributed by atoms with Gasteiger partial charge in [-0.25, -0.2) is 8.78 Å². The number of carbonyl (C=O) groups excluding carboxylic acids is 1. The molecule has 2 rings (SSSR count). The molecule has 0 saturated heterocycles. The van der Waals surface area contributed by atoms with Crippen LogP contribution in [0.15, 0.2) is 36.4 Å². The number of hydrogen-bond donors (Lipinski definition) is 1. The Kier molecular flexibility index (Phi) is 5.68. The Morgan fingerprint density at radius 3 is 2.61 bits per heavy atom. The second-order valence-electron chi connectivity index (χ2n) is 5.13. The lowest BCUT2D eigenvalue weighted by atomic mass is 10.0. The zero-order chi connectivity index (χ0) is 16.8. The summed E-state index contributed by atoms with van der Waals surface area (Å²) in [6.07, 6.45) is 0.769. The molecule has 0 saturated carbocycles. The zero-order valence-electron chi connectivity index (χ0n) is 13.2. The number of likely N-dealkylation sites (N-methyl/N-ethyl adjacent to an activating group) is 1. The third-order valence-electron chi connectivity index (χ3n) is 3.62. The maximum absolute atomic E-state index is 14.0. The van der Waals surface area contributed by atoms with Gasteiger partial charge in [0.1, 0.15) is 12.4 Å². The van der Waals surface area contributed by atoms with Crippen LogP contribution in [0.25, 0.3) is 0 Å². The largest absolute Gasteiger partial charge is 0.486 e. The fourth-order valence-corrected chi connectivity index (χ4v) is 2.22. The van der Waals surface area contributed by atoms with E-state index in [9.17, 15) is 13.6 Å². The molecule has 1 N–H and O–H groups in total. The molecule has 0 heterocycles. The number of ether oxygens (including phenoxy) is 1. The highest BCUT2D eigenvalue weighted by molar-refractivity contribution is 5.78. The van der Waals surface area contributed by atoms with Crippen LogP contribution in [0.4, 0.5) is 8.78 Å². The number of benzene rings is 2. The third-order valence-corrected chi connectivity index (χ3v) is 3.62. The number of amides is 1. The first-order valence-electron chi connectivity index (χ1n) is 7.43. The minimum atomic E-state index is -0.478.